The predicted molar refractivity (Wildman–Crippen MR) is 47.6 cm³/mol. The number of hydrogen-bond donors (Lipinski definition) is 2. The third kappa shape index (κ3) is 5.17. The Morgan fingerprint density at radius 1 is 1.77 bits per heavy atom. The summed E-state index contributed by atoms with van der Waals surface area (Å²) in [4.78, 5) is 11.1. The number of nitrogens with two attached hydrogens (primary N) is 1. The van der Waals surface area contributed by atoms with Crippen LogP contribution in [0.5, 0.6) is 0 Å². The van der Waals surface area contributed by atoms with Crippen molar-refractivity contribution in [2.45, 2.75) is 13.0 Å². The van der Waals surface area contributed by atoms with Gasteiger partial charge in [-0.2, -0.15) is 5.26 Å². The molecule has 0 aromatic heterocycles. The summed E-state index contributed by atoms with van der Waals surface area (Å²) in [7, 11) is 1.48. The van der Waals surface area contributed by atoms with Crippen LogP contribution in [0.3, 0.4) is 0 Å². The van der Waals surface area contributed by atoms with Gasteiger partial charge >= 0.3 is 0 Å². The van der Waals surface area contributed by atoms with Crippen LogP contribution < -0.4 is 11.1 Å². The Bertz CT molecular complexity index is 200. The van der Waals surface area contributed by atoms with Gasteiger partial charge in [-0.1, -0.05) is 0 Å². The van der Waals surface area contributed by atoms with Crippen molar-refractivity contribution in [2.75, 3.05) is 20.3 Å². The largest absolute Gasteiger partial charge is 0.383 e. The monoisotopic (exact) mass is 185 g/mol. The van der Waals surface area contributed by atoms with Crippen LogP contribution in [-0.2, 0) is 9.53 Å². The molecular weight excluding hydrogens is 170 g/mol. The maximum absolute atomic E-state index is 11.1. The maximum Gasteiger partial charge on any atom is 0.239 e. The highest BCUT2D eigenvalue weighted by Gasteiger charge is 2.12. The SMILES string of the molecule is COCC(N)C(=O)NCC(C)C#N. The standard InChI is InChI=1S/C8H15N3O2/c1-6(3-9)4-11-8(12)7(10)5-13-2/h6-7H,4-5,10H2,1-2H3,(H,11,12). The quantitative estimate of drug-likeness (QED) is 0.589. The Morgan fingerprint density at radius 3 is 2.85 bits per heavy atom. The molecule has 0 saturated carbocycles. The molecule has 74 valence electrons. The molecule has 2 unspecified atom stereocenters. The Morgan fingerprint density at radius 2 is 2.38 bits per heavy atom. The zero-order chi connectivity index (χ0) is 10.3. The van der Waals surface area contributed by atoms with Gasteiger partial charge < -0.3 is 15.8 Å². The van der Waals surface area contributed by atoms with Crippen LogP contribution in [-0.4, -0.2) is 32.2 Å². The lowest BCUT2D eigenvalue weighted by Crippen LogP contribution is -2.44. The Kier molecular flexibility index (Phi) is 5.85. The fourth-order valence-corrected chi connectivity index (χ4v) is 0.686. The average molecular weight is 185 g/mol. The van der Waals surface area contributed by atoms with Gasteiger partial charge in [-0.05, 0) is 6.92 Å². The van der Waals surface area contributed by atoms with Gasteiger partial charge in [0.05, 0.1) is 18.6 Å². The first-order valence-electron chi connectivity index (χ1n) is 4.03. The lowest BCUT2D eigenvalue weighted by atomic mass is 10.2. The van der Waals surface area contributed by atoms with E-state index in [-0.39, 0.29) is 18.4 Å². The Hall–Kier alpha value is -1.12. The van der Waals surface area contributed by atoms with E-state index in [1.807, 2.05) is 6.07 Å². The predicted octanol–water partition coefficient (Wildman–Crippen LogP) is -0.764. The third-order valence-corrected chi connectivity index (χ3v) is 1.49. The molecule has 0 bridgehead atoms. The number of rotatable bonds is 5. The minimum absolute atomic E-state index is 0.187. The highest BCUT2D eigenvalue weighted by atomic mass is 16.5. The maximum atomic E-state index is 11.1. The average Bonchev–Trinajstić information content (AvgIpc) is 2.13. The van der Waals surface area contributed by atoms with Crippen molar-refractivity contribution in [3.63, 3.8) is 0 Å². The van der Waals surface area contributed by atoms with Crippen LogP contribution in [0.2, 0.25) is 0 Å². The third-order valence-electron chi connectivity index (χ3n) is 1.49. The summed E-state index contributed by atoms with van der Waals surface area (Å²) in [6, 6.07) is 1.35. The van der Waals surface area contributed by atoms with Crippen molar-refractivity contribution in [1.29, 1.82) is 5.26 Å². The van der Waals surface area contributed by atoms with Crippen LogP contribution in [0.4, 0.5) is 0 Å². The summed E-state index contributed by atoms with van der Waals surface area (Å²) < 4.78 is 4.71. The molecule has 0 aliphatic carbocycles. The number of nitrogens with one attached hydrogen (secondary N) is 1. The summed E-state index contributed by atoms with van der Waals surface area (Å²) >= 11 is 0. The van der Waals surface area contributed by atoms with Gasteiger partial charge in [0.15, 0.2) is 0 Å². The molecule has 5 nitrogen and oxygen atoms in total. The van der Waals surface area contributed by atoms with Gasteiger partial charge in [-0.25, -0.2) is 0 Å². The fraction of sp³-hybridized carbons (Fsp3) is 0.750. The summed E-state index contributed by atoms with van der Waals surface area (Å²) in [5, 5.41) is 11.0. The van der Waals surface area contributed by atoms with E-state index >= 15 is 0 Å². The lowest BCUT2D eigenvalue weighted by Gasteiger charge is -2.11. The summed E-state index contributed by atoms with van der Waals surface area (Å²) in [5.74, 6) is -0.484. The number of nitrogens with zero attached hydrogens (tertiary/aromatic N) is 1. The number of methoxy groups -OCH3 is 1. The molecule has 0 fully saturated rings. The topological polar surface area (TPSA) is 88.1 Å². The van der Waals surface area contributed by atoms with Crippen LogP contribution in [0.15, 0.2) is 0 Å². The highest BCUT2D eigenvalue weighted by molar-refractivity contribution is 5.81. The van der Waals surface area contributed by atoms with Gasteiger partial charge in [-0.3, -0.25) is 4.79 Å². The molecule has 0 saturated heterocycles. The van der Waals surface area contributed by atoms with E-state index in [4.69, 9.17) is 15.7 Å². The van der Waals surface area contributed by atoms with E-state index in [9.17, 15) is 4.79 Å². The van der Waals surface area contributed by atoms with Gasteiger partial charge in [-0.15, -0.1) is 0 Å². The molecule has 0 aromatic carbocycles. The van der Waals surface area contributed by atoms with Gasteiger partial charge in [0, 0.05) is 13.7 Å². The molecule has 0 aliphatic rings. The fourth-order valence-electron chi connectivity index (χ4n) is 0.686. The molecule has 0 aliphatic heterocycles. The first-order valence-corrected chi connectivity index (χ1v) is 4.03. The first kappa shape index (κ1) is 11.9. The van der Waals surface area contributed by atoms with E-state index in [1.54, 1.807) is 6.92 Å². The zero-order valence-electron chi connectivity index (χ0n) is 7.91. The second-order valence-corrected chi connectivity index (χ2v) is 2.84. The van der Waals surface area contributed by atoms with Crippen molar-refractivity contribution in [3.8, 4) is 6.07 Å². The van der Waals surface area contributed by atoms with Crippen LogP contribution in [0.25, 0.3) is 0 Å². The highest BCUT2D eigenvalue weighted by Crippen LogP contribution is 1.88. The normalized spacial score (nSPS) is 14.3. The number of carbonyl (C=O) groups excluding carboxylic acids is 1. The summed E-state index contributed by atoms with van der Waals surface area (Å²) in [5.41, 5.74) is 5.44. The number of ether oxygens (including phenoxy) is 1. The van der Waals surface area contributed by atoms with Crippen LogP contribution in [0, 0.1) is 17.2 Å². The van der Waals surface area contributed by atoms with Crippen LogP contribution in [0.1, 0.15) is 6.92 Å². The van der Waals surface area contributed by atoms with Gasteiger partial charge in [0.1, 0.15) is 6.04 Å². The number of amides is 1. The molecule has 0 rings (SSSR count). The molecule has 13 heavy (non-hydrogen) atoms. The molecule has 5 heteroatoms. The molecule has 0 aromatic rings. The van der Waals surface area contributed by atoms with Crippen molar-refractivity contribution in [3.05, 3.63) is 0 Å². The first-order chi connectivity index (χ1) is 6.11. The molecule has 3 N–H and O–H groups in total. The molecule has 0 radical (unpaired) electrons. The molecule has 2 atom stereocenters. The molecular formula is C8H15N3O2. The Labute approximate surface area is 77.9 Å². The number of nitriles is 1. The van der Waals surface area contributed by atoms with E-state index in [2.05, 4.69) is 5.32 Å². The zero-order valence-corrected chi connectivity index (χ0v) is 7.91. The summed E-state index contributed by atoms with van der Waals surface area (Å²) in [6.07, 6.45) is 0. The van der Waals surface area contributed by atoms with Gasteiger partial charge in [0.2, 0.25) is 5.91 Å². The molecule has 0 spiro atoms. The second kappa shape index (κ2) is 6.40. The number of carbonyl (C=O) groups is 1. The summed E-state index contributed by atoms with van der Waals surface area (Å²) in [6.45, 7) is 2.24. The molecule has 1 amide bonds. The van der Waals surface area contributed by atoms with Crippen molar-refractivity contribution < 1.29 is 9.53 Å². The lowest BCUT2D eigenvalue weighted by molar-refractivity contribution is -0.123. The Balaban J connectivity index is 3.69. The van der Waals surface area contributed by atoms with E-state index in [1.165, 1.54) is 7.11 Å². The van der Waals surface area contributed by atoms with Crippen molar-refractivity contribution in [2.24, 2.45) is 11.7 Å². The smallest absolute Gasteiger partial charge is 0.239 e. The minimum atomic E-state index is -0.657. The van der Waals surface area contributed by atoms with Crippen LogP contribution >= 0.6 is 0 Å². The van der Waals surface area contributed by atoms with E-state index in [0.29, 0.717) is 6.54 Å². The number of hydrogen-bond acceptors (Lipinski definition) is 4. The van der Waals surface area contributed by atoms with Crippen molar-refractivity contribution in [1.82, 2.24) is 5.32 Å². The second-order valence-electron chi connectivity index (χ2n) is 2.84. The van der Waals surface area contributed by atoms with E-state index in [0.717, 1.165) is 0 Å². The molecule has 0 heterocycles. The van der Waals surface area contributed by atoms with Crippen molar-refractivity contribution >= 4 is 5.91 Å². The van der Waals surface area contributed by atoms with E-state index < -0.39 is 6.04 Å². The minimum Gasteiger partial charge on any atom is -0.383 e. The van der Waals surface area contributed by atoms with Gasteiger partial charge in [0.25, 0.3) is 0 Å².